The summed E-state index contributed by atoms with van der Waals surface area (Å²) in [6.45, 7) is 7.72. The summed E-state index contributed by atoms with van der Waals surface area (Å²) in [4.78, 5) is 0. The summed E-state index contributed by atoms with van der Waals surface area (Å²) < 4.78 is 5.40. The van der Waals surface area contributed by atoms with Gasteiger partial charge < -0.3 is 4.74 Å². The van der Waals surface area contributed by atoms with E-state index >= 15 is 0 Å². The molecule has 0 bridgehead atoms. The first kappa shape index (κ1) is 13.4. The highest BCUT2D eigenvalue weighted by Gasteiger charge is 2.07. The molecule has 0 heterocycles. The zero-order valence-corrected chi connectivity index (χ0v) is 9.55. The van der Waals surface area contributed by atoms with E-state index in [4.69, 9.17) is 10.00 Å². The molecule has 0 aliphatic carbocycles. The first-order valence-electron chi connectivity index (χ1n) is 5.44. The predicted octanol–water partition coefficient (Wildman–Crippen LogP) is 2.08. The van der Waals surface area contributed by atoms with Gasteiger partial charge in [0.25, 0.3) is 0 Å². The molecule has 0 aromatic rings. The van der Waals surface area contributed by atoms with E-state index in [1.165, 1.54) is 0 Å². The molecule has 1 unspecified atom stereocenters. The van der Waals surface area contributed by atoms with Gasteiger partial charge >= 0.3 is 0 Å². The van der Waals surface area contributed by atoms with Crippen molar-refractivity contribution in [3.63, 3.8) is 0 Å². The lowest BCUT2D eigenvalue weighted by Crippen LogP contribution is -2.34. The van der Waals surface area contributed by atoms with E-state index in [-0.39, 0.29) is 6.04 Å². The van der Waals surface area contributed by atoms with E-state index in [2.05, 4.69) is 18.3 Å². The van der Waals surface area contributed by atoms with Crippen molar-refractivity contribution in [2.45, 2.75) is 52.1 Å². The van der Waals surface area contributed by atoms with E-state index in [1.807, 2.05) is 13.8 Å². The van der Waals surface area contributed by atoms with Gasteiger partial charge in [0.2, 0.25) is 0 Å². The van der Waals surface area contributed by atoms with Crippen LogP contribution >= 0.6 is 0 Å². The highest BCUT2D eigenvalue weighted by Crippen LogP contribution is 1.95. The average molecular weight is 198 g/mol. The average Bonchev–Trinajstić information content (AvgIpc) is 2.15. The normalized spacial score (nSPS) is 12.8. The first-order chi connectivity index (χ1) is 6.70. The molecule has 0 saturated heterocycles. The minimum Gasteiger partial charge on any atom is -0.381 e. The number of unbranched alkanes of at least 4 members (excludes halogenated alkanes) is 1. The second-order valence-electron chi connectivity index (χ2n) is 3.76. The highest BCUT2D eigenvalue weighted by atomic mass is 16.5. The SMILES string of the molecule is CCCCOCCC(C#N)NC(C)C. The number of hydrogen-bond donors (Lipinski definition) is 1. The summed E-state index contributed by atoms with van der Waals surface area (Å²) in [7, 11) is 0. The molecule has 0 spiro atoms. The van der Waals surface area contributed by atoms with Crippen LogP contribution in [0.2, 0.25) is 0 Å². The van der Waals surface area contributed by atoms with Gasteiger partial charge in [-0.1, -0.05) is 13.3 Å². The van der Waals surface area contributed by atoms with Crippen LogP contribution in [0.3, 0.4) is 0 Å². The minimum absolute atomic E-state index is 0.0726. The number of nitriles is 1. The van der Waals surface area contributed by atoms with Crippen LogP contribution in [-0.4, -0.2) is 25.3 Å². The molecule has 1 atom stereocenters. The van der Waals surface area contributed by atoms with E-state index < -0.39 is 0 Å². The summed E-state index contributed by atoms with van der Waals surface area (Å²) in [5.41, 5.74) is 0. The molecule has 0 amide bonds. The second-order valence-corrected chi connectivity index (χ2v) is 3.76. The molecular formula is C11H22N2O. The fraction of sp³-hybridized carbons (Fsp3) is 0.909. The standard InChI is InChI=1S/C11H22N2O/c1-4-5-7-14-8-6-11(9-12)13-10(2)3/h10-11,13H,4-8H2,1-3H3. The Morgan fingerprint density at radius 2 is 2.07 bits per heavy atom. The van der Waals surface area contributed by atoms with Gasteiger partial charge in [-0.05, 0) is 26.7 Å². The number of nitrogens with one attached hydrogen (secondary N) is 1. The molecule has 0 rings (SSSR count). The van der Waals surface area contributed by atoms with Gasteiger partial charge in [-0.25, -0.2) is 0 Å². The Kier molecular flexibility index (Phi) is 8.61. The molecule has 0 saturated carbocycles. The van der Waals surface area contributed by atoms with Gasteiger partial charge in [0.05, 0.1) is 12.1 Å². The number of rotatable bonds is 8. The summed E-state index contributed by atoms with van der Waals surface area (Å²) in [5, 5.41) is 12.0. The van der Waals surface area contributed by atoms with Crippen LogP contribution in [0.15, 0.2) is 0 Å². The third-order valence-corrected chi connectivity index (χ3v) is 1.88. The molecule has 0 aliphatic rings. The minimum atomic E-state index is -0.0726. The molecule has 3 nitrogen and oxygen atoms in total. The van der Waals surface area contributed by atoms with Crippen molar-refractivity contribution in [1.82, 2.24) is 5.32 Å². The Balaban J connectivity index is 3.40. The second kappa shape index (κ2) is 8.98. The quantitative estimate of drug-likeness (QED) is 0.607. The van der Waals surface area contributed by atoms with Gasteiger partial charge in [0.15, 0.2) is 0 Å². The summed E-state index contributed by atoms with van der Waals surface area (Å²) >= 11 is 0. The molecule has 82 valence electrons. The molecule has 3 heteroatoms. The van der Waals surface area contributed by atoms with Crippen LogP contribution in [0.25, 0.3) is 0 Å². The molecule has 0 aromatic carbocycles. The van der Waals surface area contributed by atoms with Crippen molar-refractivity contribution in [3.8, 4) is 6.07 Å². The van der Waals surface area contributed by atoms with Crippen molar-refractivity contribution in [3.05, 3.63) is 0 Å². The number of ether oxygens (including phenoxy) is 1. The molecule has 0 fully saturated rings. The lowest BCUT2D eigenvalue weighted by Gasteiger charge is -2.14. The maximum atomic E-state index is 8.81. The summed E-state index contributed by atoms with van der Waals surface area (Å²) in [5.74, 6) is 0. The largest absolute Gasteiger partial charge is 0.381 e. The van der Waals surface area contributed by atoms with Crippen LogP contribution in [-0.2, 0) is 4.74 Å². The topological polar surface area (TPSA) is 45.0 Å². The van der Waals surface area contributed by atoms with Crippen molar-refractivity contribution in [2.24, 2.45) is 0 Å². The molecule has 1 N–H and O–H groups in total. The first-order valence-corrected chi connectivity index (χ1v) is 5.44. The zero-order valence-electron chi connectivity index (χ0n) is 9.55. The molecule has 0 aromatic heterocycles. The molecular weight excluding hydrogens is 176 g/mol. The predicted molar refractivity (Wildman–Crippen MR) is 58.0 cm³/mol. The van der Waals surface area contributed by atoms with E-state index in [0.717, 1.165) is 25.9 Å². The van der Waals surface area contributed by atoms with Crippen molar-refractivity contribution < 1.29 is 4.74 Å². The van der Waals surface area contributed by atoms with Crippen LogP contribution in [0.4, 0.5) is 0 Å². The summed E-state index contributed by atoms with van der Waals surface area (Å²) in [6, 6.07) is 2.52. The van der Waals surface area contributed by atoms with Crippen molar-refractivity contribution in [1.29, 1.82) is 5.26 Å². The lowest BCUT2D eigenvalue weighted by atomic mass is 10.2. The van der Waals surface area contributed by atoms with Crippen LogP contribution in [0.1, 0.15) is 40.0 Å². The van der Waals surface area contributed by atoms with Gasteiger partial charge in [0.1, 0.15) is 0 Å². The van der Waals surface area contributed by atoms with Crippen LogP contribution < -0.4 is 5.32 Å². The maximum Gasteiger partial charge on any atom is 0.0976 e. The molecule has 14 heavy (non-hydrogen) atoms. The van der Waals surface area contributed by atoms with Crippen molar-refractivity contribution in [2.75, 3.05) is 13.2 Å². The Hall–Kier alpha value is -0.590. The maximum absolute atomic E-state index is 8.81. The fourth-order valence-electron chi connectivity index (χ4n) is 1.14. The van der Waals surface area contributed by atoms with Gasteiger partial charge in [-0.2, -0.15) is 5.26 Å². The van der Waals surface area contributed by atoms with E-state index in [1.54, 1.807) is 0 Å². The van der Waals surface area contributed by atoms with Gasteiger partial charge in [-0.3, -0.25) is 5.32 Å². The Bertz CT molecular complexity index is 163. The highest BCUT2D eigenvalue weighted by molar-refractivity contribution is 4.90. The molecule has 0 radical (unpaired) electrons. The number of nitrogens with zero attached hydrogens (tertiary/aromatic N) is 1. The van der Waals surface area contributed by atoms with Crippen molar-refractivity contribution >= 4 is 0 Å². The van der Waals surface area contributed by atoms with E-state index in [9.17, 15) is 0 Å². The third kappa shape index (κ3) is 8.03. The van der Waals surface area contributed by atoms with E-state index in [0.29, 0.717) is 12.6 Å². The Morgan fingerprint density at radius 3 is 2.57 bits per heavy atom. The fourth-order valence-corrected chi connectivity index (χ4v) is 1.14. The van der Waals surface area contributed by atoms with Gasteiger partial charge in [0, 0.05) is 19.3 Å². The Labute approximate surface area is 87.4 Å². The molecule has 0 aliphatic heterocycles. The lowest BCUT2D eigenvalue weighted by molar-refractivity contribution is 0.124. The van der Waals surface area contributed by atoms with Gasteiger partial charge in [-0.15, -0.1) is 0 Å². The monoisotopic (exact) mass is 198 g/mol. The number of hydrogen-bond acceptors (Lipinski definition) is 3. The van der Waals surface area contributed by atoms with Crippen LogP contribution in [0.5, 0.6) is 0 Å². The van der Waals surface area contributed by atoms with Crippen LogP contribution in [0, 0.1) is 11.3 Å². The third-order valence-electron chi connectivity index (χ3n) is 1.88. The smallest absolute Gasteiger partial charge is 0.0976 e. The zero-order chi connectivity index (χ0) is 10.8. The Morgan fingerprint density at radius 1 is 1.36 bits per heavy atom. The summed E-state index contributed by atoms with van der Waals surface area (Å²) in [6.07, 6.45) is 3.04.